The molecule has 0 atom stereocenters. The summed E-state index contributed by atoms with van der Waals surface area (Å²) in [5.41, 5.74) is 1.74. The van der Waals surface area contributed by atoms with Crippen LogP contribution < -0.4 is 5.32 Å². The number of anilines is 1. The maximum absolute atomic E-state index is 12.0. The van der Waals surface area contributed by atoms with Gasteiger partial charge < -0.3 is 9.73 Å². The Labute approximate surface area is 157 Å². The molecule has 0 aliphatic carbocycles. The van der Waals surface area contributed by atoms with Crippen molar-refractivity contribution in [1.29, 1.82) is 0 Å². The van der Waals surface area contributed by atoms with Gasteiger partial charge in [-0.3, -0.25) is 4.79 Å². The Hall–Kier alpha value is -2.71. The molecule has 0 unspecified atom stereocenters. The van der Waals surface area contributed by atoms with Crippen molar-refractivity contribution < 1.29 is 9.21 Å². The van der Waals surface area contributed by atoms with Crippen LogP contribution in [0, 0.1) is 6.92 Å². The second kappa shape index (κ2) is 7.27. The monoisotopic (exact) mass is 382 g/mol. The zero-order valence-electron chi connectivity index (χ0n) is 13.8. The zero-order valence-corrected chi connectivity index (χ0v) is 15.4. The number of aryl methyl sites for hydroxylation is 1. The number of amides is 1. The largest absolute Gasteiger partial charge is 0.411 e. The van der Waals surface area contributed by atoms with Crippen LogP contribution in [0.5, 0.6) is 0 Å². The topological polar surface area (TPSA) is 80.9 Å². The lowest BCUT2D eigenvalue weighted by atomic mass is 10.1. The molecule has 26 heavy (non-hydrogen) atoms. The van der Waals surface area contributed by atoms with Crippen molar-refractivity contribution in [2.24, 2.45) is 0 Å². The Morgan fingerprint density at radius 1 is 1.19 bits per heavy atom. The van der Waals surface area contributed by atoms with E-state index in [4.69, 9.17) is 4.42 Å². The van der Waals surface area contributed by atoms with E-state index in [1.807, 2.05) is 48.7 Å². The number of nitrogens with one attached hydrogen (secondary N) is 1. The number of hydrogen-bond donors (Lipinski definition) is 1. The standard InChI is InChI=1S/C18H14N4O2S2/c1-11-9-25-17(19-11)20-15(23)10-26-18-22-21-16(24-18)14-7-6-12-4-2-3-5-13(12)8-14/h2-9H,10H2,1H3,(H,19,20,23). The molecule has 2 heterocycles. The van der Waals surface area contributed by atoms with Crippen LogP contribution in [0.3, 0.4) is 0 Å². The van der Waals surface area contributed by atoms with Gasteiger partial charge in [0.1, 0.15) is 0 Å². The maximum atomic E-state index is 12.0. The molecule has 4 aromatic rings. The summed E-state index contributed by atoms with van der Waals surface area (Å²) in [7, 11) is 0. The molecule has 4 rings (SSSR count). The molecule has 0 saturated carbocycles. The van der Waals surface area contributed by atoms with Crippen LogP contribution in [-0.4, -0.2) is 26.8 Å². The summed E-state index contributed by atoms with van der Waals surface area (Å²) in [6.07, 6.45) is 0. The fraction of sp³-hybridized carbons (Fsp3) is 0.111. The van der Waals surface area contributed by atoms with Gasteiger partial charge in [-0.05, 0) is 29.8 Å². The highest BCUT2D eigenvalue weighted by molar-refractivity contribution is 7.99. The van der Waals surface area contributed by atoms with Crippen molar-refractivity contribution in [2.75, 3.05) is 11.1 Å². The lowest BCUT2D eigenvalue weighted by molar-refractivity contribution is -0.113. The summed E-state index contributed by atoms with van der Waals surface area (Å²) in [5.74, 6) is 0.460. The summed E-state index contributed by atoms with van der Waals surface area (Å²) in [5, 5.41) is 15.9. The molecular formula is C18H14N4O2S2. The molecule has 0 bridgehead atoms. The van der Waals surface area contributed by atoms with E-state index in [9.17, 15) is 4.79 Å². The minimum Gasteiger partial charge on any atom is -0.411 e. The van der Waals surface area contributed by atoms with Crippen molar-refractivity contribution in [3.63, 3.8) is 0 Å². The second-order valence-electron chi connectivity index (χ2n) is 5.57. The van der Waals surface area contributed by atoms with E-state index < -0.39 is 0 Å². The van der Waals surface area contributed by atoms with Crippen molar-refractivity contribution in [2.45, 2.75) is 12.1 Å². The number of thioether (sulfide) groups is 1. The first kappa shape index (κ1) is 16.7. The fourth-order valence-corrected chi connectivity index (χ4v) is 3.67. The minimum absolute atomic E-state index is 0.158. The summed E-state index contributed by atoms with van der Waals surface area (Å²) >= 11 is 2.60. The predicted molar refractivity (Wildman–Crippen MR) is 103 cm³/mol. The van der Waals surface area contributed by atoms with Gasteiger partial charge in [0, 0.05) is 10.9 Å². The number of carbonyl (C=O) groups is 1. The van der Waals surface area contributed by atoms with E-state index >= 15 is 0 Å². The van der Waals surface area contributed by atoms with Crippen molar-refractivity contribution in [3.05, 3.63) is 53.5 Å². The predicted octanol–water partition coefficient (Wildman–Crippen LogP) is 4.39. The van der Waals surface area contributed by atoms with E-state index in [1.54, 1.807) is 0 Å². The molecule has 6 nitrogen and oxygen atoms in total. The zero-order chi connectivity index (χ0) is 17.9. The van der Waals surface area contributed by atoms with Crippen LogP contribution in [-0.2, 0) is 4.79 Å². The van der Waals surface area contributed by atoms with Crippen LogP contribution in [0.1, 0.15) is 5.69 Å². The number of carbonyl (C=O) groups excluding carboxylic acids is 1. The third kappa shape index (κ3) is 3.76. The molecule has 0 fully saturated rings. The summed E-state index contributed by atoms with van der Waals surface area (Å²) < 4.78 is 5.67. The fourth-order valence-electron chi connectivity index (χ4n) is 2.40. The first-order valence-corrected chi connectivity index (χ1v) is 9.71. The first-order valence-electron chi connectivity index (χ1n) is 7.85. The SMILES string of the molecule is Cc1csc(NC(=O)CSc2nnc(-c3ccc4ccccc4c3)o2)n1. The quantitative estimate of drug-likeness (QED) is 0.516. The lowest BCUT2D eigenvalue weighted by Crippen LogP contribution is -2.13. The highest BCUT2D eigenvalue weighted by Crippen LogP contribution is 2.26. The Morgan fingerprint density at radius 2 is 2.04 bits per heavy atom. The Kier molecular flexibility index (Phi) is 4.68. The molecule has 0 spiro atoms. The smallest absolute Gasteiger partial charge is 0.277 e. The van der Waals surface area contributed by atoms with Crippen LogP contribution in [0.25, 0.3) is 22.2 Å². The molecule has 130 valence electrons. The van der Waals surface area contributed by atoms with E-state index in [-0.39, 0.29) is 11.7 Å². The minimum atomic E-state index is -0.158. The van der Waals surface area contributed by atoms with Gasteiger partial charge in [0.05, 0.1) is 11.4 Å². The van der Waals surface area contributed by atoms with Crippen molar-refractivity contribution in [3.8, 4) is 11.5 Å². The third-order valence-corrected chi connectivity index (χ3v) is 5.29. The molecule has 8 heteroatoms. The first-order chi connectivity index (χ1) is 12.7. The Balaban J connectivity index is 1.41. The highest BCUT2D eigenvalue weighted by Gasteiger charge is 2.12. The second-order valence-corrected chi connectivity index (χ2v) is 7.35. The van der Waals surface area contributed by atoms with Gasteiger partial charge in [0.2, 0.25) is 11.8 Å². The molecular weight excluding hydrogens is 368 g/mol. The number of benzene rings is 2. The maximum Gasteiger partial charge on any atom is 0.277 e. The summed E-state index contributed by atoms with van der Waals surface area (Å²) in [6, 6.07) is 14.1. The molecule has 1 amide bonds. The van der Waals surface area contributed by atoms with Gasteiger partial charge in [-0.25, -0.2) is 4.98 Å². The van der Waals surface area contributed by atoms with Gasteiger partial charge in [-0.15, -0.1) is 21.5 Å². The summed E-state index contributed by atoms with van der Waals surface area (Å²) in [4.78, 5) is 16.2. The number of thiazole rings is 1. The number of nitrogens with zero attached hydrogens (tertiary/aromatic N) is 3. The molecule has 0 saturated heterocycles. The van der Waals surface area contributed by atoms with E-state index in [2.05, 4.69) is 26.6 Å². The molecule has 2 aromatic carbocycles. The third-order valence-electron chi connectivity index (χ3n) is 3.59. The average molecular weight is 382 g/mol. The van der Waals surface area contributed by atoms with Crippen molar-refractivity contribution in [1.82, 2.24) is 15.2 Å². The van der Waals surface area contributed by atoms with Crippen LogP contribution >= 0.6 is 23.1 Å². The van der Waals surface area contributed by atoms with Crippen molar-refractivity contribution >= 4 is 44.9 Å². The van der Waals surface area contributed by atoms with Gasteiger partial charge >= 0.3 is 0 Å². The van der Waals surface area contributed by atoms with Gasteiger partial charge in [-0.1, -0.05) is 42.1 Å². The van der Waals surface area contributed by atoms with E-state index in [0.717, 1.165) is 22.0 Å². The number of hydrogen-bond acceptors (Lipinski definition) is 7. The van der Waals surface area contributed by atoms with Gasteiger partial charge in [-0.2, -0.15) is 0 Å². The molecule has 2 aromatic heterocycles. The van der Waals surface area contributed by atoms with Gasteiger partial charge in [0.25, 0.3) is 5.22 Å². The number of rotatable bonds is 5. The lowest BCUT2D eigenvalue weighted by Gasteiger charge is -2.00. The van der Waals surface area contributed by atoms with E-state index in [1.165, 1.54) is 23.1 Å². The highest BCUT2D eigenvalue weighted by atomic mass is 32.2. The summed E-state index contributed by atoms with van der Waals surface area (Å²) in [6.45, 7) is 1.88. The molecule has 0 radical (unpaired) electrons. The average Bonchev–Trinajstić information content (AvgIpc) is 3.28. The number of fused-ring (bicyclic) bond motifs is 1. The molecule has 0 aliphatic rings. The van der Waals surface area contributed by atoms with Crippen LogP contribution in [0.4, 0.5) is 5.13 Å². The number of aromatic nitrogens is 3. The van der Waals surface area contributed by atoms with Crippen LogP contribution in [0.2, 0.25) is 0 Å². The van der Waals surface area contributed by atoms with Crippen LogP contribution in [0.15, 0.2) is 57.5 Å². The molecule has 1 N–H and O–H groups in total. The normalized spacial score (nSPS) is 11.0. The van der Waals surface area contributed by atoms with Gasteiger partial charge in [0.15, 0.2) is 5.13 Å². The van der Waals surface area contributed by atoms with E-state index in [0.29, 0.717) is 16.2 Å². The Morgan fingerprint density at radius 3 is 2.85 bits per heavy atom. The molecule has 0 aliphatic heterocycles. The Bertz CT molecular complexity index is 1070.